The van der Waals surface area contributed by atoms with Gasteiger partial charge in [-0.05, 0) is 50.5 Å². The highest BCUT2D eigenvalue weighted by Gasteiger charge is 2.16. The van der Waals surface area contributed by atoms with Crippen LogP contribution in [0.5, 0.6) is 0 Å². The minimum atomic E-state index is -3.36. The van der Waals surface area contributed by atoms with Gasteiger partial charge in [0.25, 0.3) is 0 Å². The largest absolute Gasteiger partial charge is 0.326 e. The Bertz CT molecular complexity index is 1270. The third-order valence-electron chi connectivity index (χ3n) is 4.84. The van der Waals surface area contributed by atoms with Gasteiger partial charge in [0.1, 0.15) is 11.6 Å². The summed E-state index contributed by atoms with van der Waals surface area (Å²) in [5.74, 6) is -0.226. The van der Waals surface area contributed by atoms with E-state index in [2.05, 4.69) is 21.5 Å². The number of fused-ring (bicyclic) bond motifs is 1. The molecule has 29 heavy (non-hydrogen) atoms. The molecule has 150 valence electrons. The van der Waals surface area contributed by atoms with Crippen molar-refractivity contribution in [2.45, 2.75) is 38.5 Å². The number of anilines is 1. The fraction of sp³-hybridized carbons (Fsp3) is 0.300. The lowest BCUT2D eigenvalue weighted by Crippen LogP contribution is -2.15. The van der Waals surface area contributed by atoms with E-state index >= 15 is 0 Å². The van der Waals surface area contributed by atoms with E-state index in [0.717, 1.165) is 28.8 Å². The second-order valence-electron chi connectivity index (χ2n) is 6.96. The maximum absolute atomic E-state index is 12.5. The van der Waals surface area contributed by atoms with Crippen LogP contribution in [-0.4, -0.2) is 35.2 Å². The average Bonchev–Trinajstić information content (AvgIpc) is 3.05. The van der Waals surface area contributed by atoms with Gasteiger partial charge in [-0.2, -0.15) is 10.4 Å². The number of nitrogens with one attached hydrogen (secondary N) is 1. The van der Waals surface area contributed by atoms with Crippen LogP contribution in [0.15, 0.2) is 29.3 Å². The zero-order valence-electron chi connectivity index (χ0n) is 16.6. The number of amides is 1. The van der Waals surface area contributed by atoms with Crippen molar-refractivity contribution in [2.24, 2.45) is 0 Å². The highest BCUT2D eigenvalue weighted by Crippen LogP contribution is 2.22. The van der Waals surface area contributed by atoms with E-state index < -0.39 is 9.84 Å². The number of hydrogen-bond donors (Lipinski definition) is 1. The Morgan fingerprint density at radius 1 is 1.28 bits per heavy atom. The topological polar surface area (TPSA) is 117 Å². The van der Waals surface area contributed by atoms with Crippen LogP contribution >= 0.6 is 0 Å². The predicted molar refractivity (Wildman–Crippen MR) is 108 cm³/mol. The summed E-state index contributed by atoms with van der Waals surface area (Å²) in [6.07, 6.45) is 3.25. The molecular formula is C20H21N5O3S. The van der Waals surface area contributed by atoms with Crippen LogP contribution in [-0.2, 0) is 21.1 Å². The maximum atomic E-state index is 12.5. The summed E-state index contributed by atoms with van der Waals surface area (Å²) in [6.45, 7) is 5.52. The van der Waals surface area contributed by atoms with Crippen LogP contribution in [0.25, 0.3) is 5.65 Å². The van der Waals surface area contributed by atoms with Gasteiger partial charge in [0.2, 0.25) is 5.91 Å². The average molecular weight is 411 g/mol. The Kier molecular flexibility index (Phi) is 5.40. The fourth-order valence-electron chi connectivity index (χ4n) is 3.17. The van der Waals surface area contributed by atoms with E-state index in [1.165, 1.54) is 18.3 Å². The van der Waals surface area contributed by atoms with Gasteiger partial charge in [-0.1, -0.05) is 6.07 Å². The zero-order chi connectivity index (χ0) is 21.3. The molecular weight excluding hydrogens is 390 g/mol. The Labute approximate surface area is 169 Å². The molecule has 0 aliphatic rings. The van der Waals surface area contributed by atoms with Crippen molar-refractivity contribution in [3.05, 3.63) is 52.5 Å². The van der Waals surface area contributed by atoms with Gasteiger partial charge in [-0.25, -0.2) is 17.9 Å². The van der Waals surface area contributed by atoms with Crippen LogP contribution in [0.2, 0.25) is 0 Å². The Balaban J connectivity index is 1.79. The van der Waals surface area contributed by atoms with Gasteiger partial charge in [-0.15, -0.1) is 0 Å². The summed E-state index contributed by atoms with van der Waals surface area (Å²) in [5.41, 5.74) is 4.63. The van der Waals surface area contributed by atoms with Gasteiger partial charge < -0.3 is 5.32 Å². The number of nitriles is 1. The number of aromatic nitrogens is 3. The molecule has 0 bridgehead atoms. The maximum Gasteiger partial charge on any atom is 0.224 e. The molecule has 0 spiro atoms. The number of sulfone groups is 1. The molecule has 0 unspecified atom stereocenters. The lowest BCUT2D eigenvalue weighted by Gasteiger charge is -2.12. The highest BCUT2D eigenvalue weighted by molar-refractivity contribution is 7.90. The third-order valence-corrected chi connectivity index (χ3v) is 5.95. The van der Waals surface area contributed by atoms with Gasteiger partial charge in [0.05, 0.1) is 11.1 Å². The Morgan fingerprint density at radius 3 is 2.66 bits per heavy atom. The lowest BCUT2D eigenvalue weighted by molar-refractivity contribution is -0.116. The van der Waals surface area contributed by atoms with E-state index in [9.17, 15) is 13.2 Å². The second-order valence-corrected chi connectivity index (χ2v) is 8.98. The summed E-state index contributed by atoms with van der Waals surface area (Å²) in [7, 11) is -3.36. The quantitative estimate of drug-likeness (QED) is 0.689. The van der Waals surface area contributed by atoms with Crippen LogP contribution in [0.3, 0.4) is 0 Å². The van der Waals surface area contributed by atoms with E-state index in [0.29, 0.717) is 23.3 Å². The zero-order valence-corrected chi connectivity index (χ0v) is 17.5. The van der Waals surface area contributed by atoms with Gasteiger partial charge in [0, 0.05) is 29.8 Å². The number of aryl methyl sites for hydroxylation is 3. The molecule has 2 aromatic heterocycles. The molecule has 0 fully saturated rings. The molecule has 0 saturated carbocycles. The molecule has 9 heteroatoms. The van der Waals surface area contributed by atoms with Gasteiger partial charge >= 0.3 is 0 Å². The monoisotopic (exact) mass is 411 g/mol. The number of carbonyl (C=O) groups excluding carboxylic acids is 1. The van der Waals surface area contributed by atoms with Crippen LogP contribution < -0.4 is 5.32 Å². The van der Waals surface area contributed by atoms with Crippen molar-refractivity contribution in [2.75, 3.05) is 11.6 Å². The molecule has 3 rings (SSSR count). The predicted octanol–water partition coefficient (Wildman–Crippen LogP) is 2.50. The molecule has 1 aromatic carbocycles. The van der Waals surface area contributed by atoms with Crippen molar-refractivity contribution in [1.82, 2.24) is 14.6 Å². The summed E-state index contributed by atoms with van der Waals surface area (Å²) in [5, 5.41) is 16.1. The van der Waals surface area contributed by atoms with E-state index in [-0.39, 0.29) is 17.2 Å². The molecule has 0 aliphatic carbocycles. The Morgan fingerprint density at radius 2 is 2.00 bits per heavy atom. The molecule has 3 aromatic rings. The number of rotatable bonds is 5. The van der Waals surface area contributed by atoms with Crippen LogP contribution in [0.4, 0.5) is 5.69 Å². The minimum absolute atomic E-state index is 0.159. The van der Waals surface area contributed by atoms with Crippen LogP contribution in [0, 0.1) is 32.1 Å². The first kappa shape index (κ1) is 20.5. The van der Waals surface area contributed by atoms with Gasteiger partial charge in [-0.3, -0.25) is 4.79 Å². The third kappa shape index (κ3) is 4.12. The Hall–Kier alpha value is -3.25. The second kappa shape index (κ2) is 7.64. The standard InChI is InChI=1S/C20H21N5O3S/c1-12-5-6-16(29(4,27)28)9-18(12)24-19(26)8-7-17-13(2)23-20-15(10-21)11-22-25(20)14(17)3/h5-6,9,11H,7-8H2,1-4H3,(H,24,26). The molecule has 0 saturated heterocycles. The highest BCUT2D eigenvalue weighted by atomic mass is 32.2. The number of hydrogen-bond acceptors (Lipinski definition) is 6. The van der Waals surface area contributed by atoms with Crippen molar-refractivity contribution >= 4 is 27.1 Å². The summed E-state index contributed by atoms with van der Waals surface area (Å²) < 4.78 is 25.1. The van der Waals surface area contributed by atoms with Crippen molar-refractivity contribution in [1.29, 1.82) is 5.26 Å². The molecule has 1 amide bonds. The number of benzene rings is 1. The first-order chi connectivity index (χ1) is 13.6. The normalized spacial score (nSPS) is 11.4. The molecule has 2 heterocycles. The smallest absolute Gasteiger partial charge is 0.224 e. The number of carbonyl (C=O) groups is 1. The lowest BCUT2D eigenvalue weighted by atomic mass is 10.1. The van der Waals surface area contributed by atoms with Crippen molar-refractivity contribution in [3.63, 3.8) is 0 Å². The first-order valence-electron chi connectivity index (χ1n) is 8.96. The fourth-order valence-corrected chi connectivity index (χ4v) is 3.82. The summed E-state index contributed by atoms with van der Waals surface area (Å²) >= 11 is 0. The summed E-state index contributed by atoms with van der Waals surface area (Å²) in [4.78, 5) is 17.1. The van der Waals surface area contributed by atoms with Crippen molar-refractivity contribution < 1.29 is 13.2 Å². The summed E-state index contributed by atoms with van der Waals surface area (Å²) in [6, 6.07) is 6.73. The molecule has 1 N–H and O–H groups in total. The SMILES string of the molecule is Cc1ccc(S(C)(=O)=O)cc1NC(=O)CCc1c(C)nc2c(C#N)cnn2c1C. The number of nitrogens with zero attached hydrogens (tertiary/aromatic N) is 4. The molecule has 0 aliphatic heterocycles. The molecule has 0 radical (unpaired) electrons. The van der Waals surface area contributed by atoms with Crippen LogP contribution in [0.1, 0.15) is 34.5 Å². The van der Waals surface area contributed by atoms with E-state index in [1.54, 1.807) is 17.5 Å². The minimum Gasteiger partial charge on any atom is -0.326 e. The van der Waals surface area contributed by atoms with Gasteiger partial charge in [0.15, 0.2) is 15.5 Å². The molecule has 8 nitrogen and oxygen atoms in total. The molecule has 0 atom stereocenters. The first-order valence-corrected chi connectivity index (χ1v) is 10.9. The van der Waals surface area contributed by atoms with E-state index in [4.69, 9.17) is 5.26 Å². The van der Waals surface area contributed by atoms with E-state index in [1.807, 2.05) is 13.8 Å². The van der Waals surface area contributed by atoms with Crippen molar-refractivity contribution in [3.8, 4) is 6.07 Å².